The minimum atomic E-state index is 0.512. The monoisotopic (exact) mass is 401 g/mol. The Kier molecular flexibility index (Phi) is 5.20. The molecule has 1 aliphatic heterocycles. The van der Waals surface area contributed by atoms with Gasteiger partial charge in [0.25, 0.3) is 0 Å². The molecule has 30 heavy (non-hydrogen) atoms. The molecule has 0 unspecified atom stereocenters. The molecule has 156 valence electrons. The lowest BCUT2D eigenvalue weighted by atomic mass is 9.70. The smallest absolute Gasteiger partial charge is 0.150 e. The molecule has 4 nitrogen and oxygen atoms in total. The molecule has 1 saturated heterocycles. The van der Waals surface area contributed by atoms with Crippen LogP contribution in [0.25, 0.3) is 10.8 Å². The fourth-order valence-corrected chi connectivity index (χ4v) is 5.36. The van der Waals surface area contributed by atoms with Crippen molar-refractivity contribution in [1.29, 1.82) is 0 Å². The van der Waals surface area contributed by atoms with Gasteiger partial charge in [0.2, 0.25) is 0 Å². The molecule has 4 heteroatoms. The van der Waals surface area contributed by atoms with Crippen molar-refractivity contribution in [3.05, 3.63) is 65.5 Å². The van der Waals surface area contributed by atoms with Gasteiger partial charge < -0.3 is 4.90 Å². The molecule has 0 radical (unpaired) electrons. The van der Waals surface area contributed by atoms with Gasteiger partial charge in [-0.05, 0) is 53.0 Å². The van der Waals surface area contributed by atoms with Crippen LogP contribution in [0.5, 0.6) is 0 Å². The molecule has 1 aliphatic carbocycles. The summed E-state index contributed by atoms with van der Waals surface area (Å²) in [6.07, 6.45) is 12.6. The summed E-state index contributed by atoms with van der Waals surface area (Å²) >= 11 is 0. The standard InChI is InChI=1S/C26H31N3O/c1-26(11-4-12-26)19-28-13-9-23(10-14-28)29-17-20(16-27-29)15-21-5-2-8-25-22(18-30)6-3-7-24(21)25/h2-3,5-8,16-18,23H,4,9-15,19H2,1H3. The Morgan fingerprint density at radius 2 is 1.87 bits per heavy atom. The van der Waals surface area contributed by atoms with Gasteiger partial charge in [-0.1, -0.05) is 49.7 Å². The van der Waals surface area contributed by atoms with Crippen LogP contribution < -0.4 is 0 Å². The van der Waals surface area contributed by atoms with Gasteiger partial charge in [-0.25, -0.2) is 0 Å². The molecule has 0 bridgehead atoms. The van der Waals surface area contributed by atoms with Crippen LogP contribution in [0.1, 0.15) is 66.6 Å². The Bertz CT molecular complexity index is 1040. The number of benzene rings is 2. The number of likely N-dealkylation sites (tertiary alicyclic amines) is 1. The van der Waals surface area contributed by atoms with E-state index in [1.54, 1.807) is 0 Å². The number of carbonyl (C=O) groups excluding carboxylic acids is 1. The number of piperidine rings is 1. The molecular weight excluding hydrogens is 370 g/mol. The summed E-state index contributed by atoms with van der Waals surface area (Å²) in [5.74, 6) is 0. The second-order valence-corrected chi connectivity index (χ2v) is 9.65. The van der Waals surface area contributed by atoms with Gasteiger partial charge in [-0.2, -0.15) is 5.10 Å². The van der Waals surface area contributed by atoms with E-state index in [1.165, 1.54) is 62.9 Å². The highest BCUT2D eigenvalue weighted by molar-refractivity contribution is 5.99. The number of hydrogen-bond acceptors (Lipinski definition) is 3. The first kappa shape index (κ1) is 19.5. The predicted octanol–water partition coefficient (Wildman–Crippen LogP) is 5.27. The summed E-state index contributed by atoms with van der Waals surface area (Å²) in [6.45, 7) is 6.10. The van der Waals surface area contributed by atoms with Gasteiger partial charge in [-0.3, -0.25) is 9.48 Å². The summed E-state index contributed by atoms with van der Waals surface area (Å²) < 4.78 is 2.19. The zero-order valence-electron chi connectivity index (χ0n) is 17.9. The summed E-state index contributed by atoms with van der Waals surface area (Å²) in [7, 11) is 0. The van der Waals surface area contributed by atoms with E-state index in [-0.39, 0.29) is 0 Å². The van der Waals surface area contributed by atoms with Gasteiger partial charge in [-0.15, -0.1) is 0 Å². The Morgan fingerprint density at radius 3 is 2.60 bits per heavy atom. The van der Waals surface area contributed by atoms with E-state index < -0.39 is 0 Å². The van der Waals surface area contributed by atoms with Gasteiger partial charge in [0, 0.05) is 37.8 Å². The van der Waals surface area contributed by atoms with Gasteiger partial charge in [0.05, 0.1) is 12.2 Å². The lowest BCUT2D eigenvalue weighted by molar-refractivity contribution is 0.0637. The van der Waals surface area contributed by atoms with E-state index in [0.717, 1.165) is 29.0 Å². The SMILES string of the molecule is CC1(CN2CCC(n3cc(Cc4cccc5c(C=O)cccc45)cn3)CC2)CCC1. The van der Waals surface area contributed by atoms with E-state index in [1.807, 2.05) is 30.5 Å². The van der Waals surface area contributed by atoms with E-state index in [2.05, 4.69) is 34.8 Å². The predicted molar refractivity (Wildman–Crippen MR) is 121 cm³/mol. The lowest BCUT2D eigenvalue weighted by Crippen LogP contribution is -2.44. The van der Waals surface area contributed by atoms with E-state index >= 15 is 0 Å². The second-order valence-electron chi connectivity index (χ2n) is 9.65. The number of fused-ring (bicyclic) bond motifs is 1. The molecular formula is C26H31N3O. The minimum absolute atomic E-state index is 0.512. The molecule has 0 N–H and O–H groups in total. The van der Waals surface area contributed by atoms with Crippen molar-refractivity contribution in [2.75, 3.05) is 19.6 Å². The first-order valence-corrected chi connectivity index (χ1v) is 11.3. The zero-order valence-corrected chi connectivity index (χ0v) is 17.9. The average molecular weight is 402 g/mol. The number of hydrogen-bond donors (Lipinski definition) is 0. The fourth-order valence-electron chi connectivity index (χ4n) is 5.36. The average Bonchev–Trinajstić information content (AvgIpc) is 3.21. The molecule has 3 aromatic rings. The van der Waals surface area contributed by atoms with E-state index in [4.69, 9.17) is 5.10 Å². The van der Waals surface area contributed by atoms with Gasteiger partial charge in [0.1, 0.15) is 0 Å². The summed E-state index contributed by atoms with van der Waals surface area (Å²) in [5, 5.41) is 6.91. The zero-order chi connectivity index (χ0) is 20.6. The Labute approximate surface area is 178 Å². The summed E-state index contributed by atoms with van der Waals surface area (Å²) in [4.78, 5) is 14.0. The maximum Gasteiger partial charge on any atom is 0.150 e. The fraction of sp³-hybridized carbons (Fsp3) is 0.462. The van der Waals surface area contributed by atoms with Crippen molar-refractivity contribution in [3.8, 4) is 0 Å². The van der Waals surface area contributed by atoms with Crippen molar-refractivity contribution >= 4 is 17.1 Å². The van der Waals surface area contributed by atoms with Crippen molar-refractivity contribution in [2.24, 2.45) is 5.41 Å². The third-order valence-electron chi connectivity index (χ3n) is 7.32. The topological polar surface area (TPSA) is 38.1 Å². The number of aldehydes is 1. The molecule has 5 rings (SSSR count). The highest BCUT2D eigenvalue weighted by Gasteiger charge is 2.34. The Hall–Kier alpha value is -2.46. The normalized spacial score (nSPS) is 19.6. The third kappa shape index (κ3) is 3.81. The highest BCUT2D eigenvalue weighted by atomic mass is 16.1. The van der Waals surface area contributed by atoms with Crippen molar-refractivity contribution in [2.45, 2.75) is 51.5 Å². The van der Waals surface area contributed by atoms with E-state index in [9.17, 15) is 4.79 Å². The largest absolute Gasteiger partial charge is 0.303 e. The number of aromatic nitrogens is 2. The van der Waals surface area contributed by atoms with Crippen molar-refractivity contribution < 1.29 is 4.79 Å². The summed E-state index contributed by atoms with van der Waals surface area (Å²) in [6, 6.07) is 12.7. The van der Waals surface area contributed by atoms with Crippen LogP contribution in [-0.4, -0.2) is 40.6 Å². The Balaban J connectivity index is 1.26. The van der Waals surface area contributed by atoms with Crippen LogP contribution in [-0.2, 0) is 6.42 Å². The Morgan fingerprint density at radius 1 is 1.10 bits per heavy atom. The van der Waals surface area contributed by atoms with Crippen molar-refractivity contribution in [1.82, 2.24) is 14.7 Å². The molecule has 0 amide bonds. The maximum absolute atomic E-state index is 11.4. The number of nitrogens with zero attached hydrogens (tertiary/aromatic N) is 3. The first-order chi connectivity index (χ1) is 14.6. The molecule has 2 aromatic carbocycles. The van der Waals surface area contributed by atoms with Crippen LogP contribution in [0, 0.1) is 5.41 Å². The second kappa shape index (κ2) is 7.99. The molecule has 2 fully saturated rings. The minimum Gasteiger partial charge on any atom is -0.303 e. The maximum atomic E-state index is 11.4. The molecule has 1 saturated carbocycles. The molecule has 2 aliphatic rings. The molecule has 1 aromatic heterocycles. The van der Waals surface area contributed by atoms with E-state index in [0.29, 0.717) is 11.5 Å². The lowest BCUT2D eigenvalue weighted by Gasteiger charge is -2.44. The van der Waals surface area contributed by atoms with Crippen LogP contribution in [0.15, 0.2) is 48.8 Å². The first-order valence-electron chi connectivity index (χ1n) is 11.3. The number of rotatable bonds is 6. The summed E-state index contributed by atoms with van der Waals surface area (Å²) in [5.41, 5.74) is 3.82. The number of carbonyl (C=O) groups is 1. The van der Waals surface area contributed by atoms with Crippen LogP contribution in [0.3, 0.4) is 0 Å². The quantitative estimate of drug-likeness (QED) is 0.528. The third-order valence-corrected chi connectivity index (χ3v) is 7.32. The molecule has 0 spiro atoms. The van der Waals surface area contributed by atoms with Crippen LogP contribution in [0.4, 0.5) is 0 Å². The van der Waals surface area contributed by atoms with Gasteiger partial charge in [0.15, 0.2) is 6.29 Å². The van der Waals surface area contributed by atoms with Crippen molar-refractivity contribution in [3.63, 3.8) is 0 Å². The van der Waals surface area contributed by atoms with Gasteiger partial charge >= 0.3 is 0 Å². The molecule has 0 atom stereocenters. The highest BCUT2D eigenvalue weighted by Crippen LogP contribution is 2.41. The van der Waals surface area contributed by atoms with Crippen LogP contribution in [0.2, 0.25) is 0 Å². The molecule has 2 heterocycles. The van der Waals surface area contributed by atoms with Crippen LogP contribution >= 0.6 is 0 Å².